The summed E-state index contributed by atoms with van der Waals surface area (Å²) in [6.07, 6.45) is 7.66. The summed E-state index contributed by atoms with van der Waals surface area (Å²) in [5.41, 5.74) is 5.67. The number of carboxylic acid groups (broad SMARTS) is 1. The molecular formula is C31H31FO4. The molecule has 186 valence electrons. The number of methoxy groups -OCH3 is 1. The van der Waals surface area contributed by atoms with Crippen LogP contribution in [0.25, 0.3) is 16.7 Å². The summed E-state index contributed by atoms with van der Waals surface area (Å²) in [6.45, 7) is 0.373. The Bertz CT molecular complexity index is 1290. The summed E-state index contributed by atoms with van der Waals surface area (Å²) in [4.78, 5) is 11.4. The highest BCUT2D eigenvalue weighted by molar-refractivity contribution is 5.83. The molecule has 0 saturated heterocycles. The van der Waals surface area contributed by atoms with Crippen LogP contribution >= 0.6 is 0 Å². The maximum absolute atomic E-state index is 14.8. The molecule has 36 heavy (non-hydrogen) atoms. The van der Waals surface area contributed by atoms with Gasteiger partial charge in [0.1, 0.15) is 23.9 Å². The van der Waals surface area contributed by atoms with Gasteiger partial charge in [-0.2, -0.15) is 0 Å². The number of rotatable bonds is 10. The van der Waals surface area contributed by atoms with Crippen molar-refractivity contribution in [2.24, 2.45) is 5.92 Å². The Morgan fingerprint density at radius 2 is 1.89 bits per heavy atom. The lowest BCUT2D eigenvalue weighted by Crippen LogP contribution is -2.08. The quantitative estimate of drug-likeness (QED) is 0.320. The molecule has 5 heteroatoms. The molecule has 5 rings (SSSR count). The SMILES string of the molecule is COc1ccc(F)c(-c2ccc(COc3cccc(C(CC(=O)O)C4CC4)c3)cc2C2=CCCC2)c1. The monoisotopic (exact) mass is 486 g/mol. The van der Waals surface area contributed by atoms with Gasteiger partial charge >= 0.3 is 5.97 Å². The Kier molecular flexibility index (Phi) is 7.08. The summed E-state index contributed by atoms with van der Waals surface area (Å²) in [5, 5.41) is 9.34. The van der Waals surface area contributed by atoms with Crippen LogP contribution in [0, 0.1) is 11.7 Å². The highest BCUT2D eigenvalue weighted by Crippen LogP contribution is 2.45. The third kappa shape index (κ3) is 5.46. The van der Waals surface area contributed by atoms with Gasteiger partial charge in [0, 0.05) is 5.56 Å². The molecule has 0 radical (unpaired) electrons. The fraction of sp³-hybridized carbons (Fsp3) is 0.323. The normalized spacial score (nSPS) is 15.9. The first-order valence-electron chi connectivity index (χ1n) is 12.6. The molecule has 0 heterocycles. The van der Waals surface area contributed by atoms with Crippen LogP contribution in [-0.2, 0) is 11.4 Å². The second-order valence-electron chi connectivity index (χ2n) is 9.75. The molecule has 1 unspecified atom stereocenters. The summed E-state index contributed by atoms with van der Waals surface area (Å²) < 4.78 is 26.3. The predicted octanol–water partition coefficient (Wildman–Crippen LogP) is 7.62. The van der Waals surface area contributed by atoms with Crippen molar-refractivity contribution in [1.29, 1.82) is 0 Å². The minimum atomic E-state index is -0.764. The molecule has 0 bridgehead atoms. The largest absolute Gasteiger partial charge is 0.497 e. The summed E-state index contributed by atoms with van der Waals surface area (Å²) in [7, 11) is 1.58. The van der Waals surface area contributed by atoms with Gasteiger partial charge in [0.25, 0.3) is 0 Å². The summed E-state index contributed by atoms with van der Waals surface area (Å²) in [6, 6.07) is 18.7. The van der Waals surface area contributed by atoms with Crippen LogP contribution in [-0.4, -0.2) is 18.2 Å². The second kappa shape index (κ2) is 10.6. The number of hydrogen-bond acceptors (Lipinski definition) is 3. The zero-order chi connectivity index (χ0) is 25.1. The minimum absolute atomic E-state index is 0.0315. The molecule has 1 fully saturated rings. The van der Waals surface area contributed by atoms with E-state index in [1.165, 1.54) is 11.6 Å². The van der Waals surface area contributed by atoms with E-state index in [-0.39, 0.29) is 18.2 Å². The van der Waals surface area contributed by atoms with Crippen molar-refractivity contribution in [1.82, 2.24) is 0 Å². The van der Waals surface area contributed by atoms with E-state index in [9.17, 15) is 14.3 Å². The van der Waals surface area contributed by atoms with Crippen molar-refractivity contribution in [3.8, 4) is 22.6 Å². The Hall–Kier alpha value is -3.60. The van der Waals surface area contributed by atoms with Gasteiger partial charge < -0.3 is 14.6 Å². The van der Waals surface area contributed by atoms with E-state index in [4.69, 9.17) is 9.47 Å². The lowest BCUT2D eigenvalue weighted by atomic mass is 9.91. The standard InChI is InChI=1S/C31H31FO4/c1-35-24-12-14-30(32)29(17-24)26-13-9-20(15-28(26)21-5-2-3-6-21)19-36-25-8-4-7-23(16-25)27(18-31(33)34)22-10-11-22/h4-5,7-9,12-17,22,27H,2-3,6,10-11,18-19H2,1H3,(H,33,34). The van der Waals surface area contributed by atoms with E-state index in [1.54, 1.807) is 19.2 Å². The van der Waals surface area contributed by atoms with Crippen molar-refractivity contribution >= 4 is 11.5 Å². The first-order valence-corrected chi connectivity index (χ1v) is 12.6. The topological polar surface area (TPSA) is 55.8 Å². The van der Waals surface area contributed by atoms with Gasteiger partial charge in [-0.1, -0.05) is 30.3 Å². The van der Waals surface area contributed by atoms with E-state index in [2.05, 4.69) is 12.1 Å². The first-order chi connectivity index (χ1) is 17.5. The van der Waals surface area contributed by atoms with Crippen LogP contribution in [0.4, 0.5) is 4.39 Å². The Labute approximate surface area is 211 Å². The zero-order valence-electron chi connectivity index (χ0n) is 20.5. The average Bonchev–Trinajstić information content (AvgIpc) is 3.59. The lowest BCUT2D eigenvalue weighted by molar-refractivity contribution is -0.137. The molecule has 1 atom stereocenters. The zero-order valence-corrected chi connectivity index (χ0v) is 20.5. The molecule has 0 aromatic heterocycles. The molecule has 0 amide bonds. The van der Waals surface area contributed by atoms with Gasteiger partial charge in [0.15, 0.2) is 0 Å². The van der Waals surface area contributed by atoms with Crippen molar-refractivity contribution in [2.45, 2.75) is 51.0 Å². The van der Waals surface area contributed by atoms with Crippen LogP contribution in [0.3, 0.4) is 0 Å². The molecule has 3 aromatic carbocycles. The van der Waals surface area contributed by atoms with Gasteiger partial charge in [-0.3, -0.25) is 4.79 Å². The maximum Gasteiger partial charge on any atom is 0.303 e. The molecule has 0 aliphatic heterocycles. The van der Waals surface area contributed by atoms with Crippen LogP contribution in [0.15, 0.2) is 66.7 Å². The maximum atomic E-state index is 14.8. The first kappa shape index (κ1) is 24.1. The number of carbonyl (C=O) groups is 1. The molecule has 4 nitrogen and oxygen atoms in total. The number of ether oxygens (including phenoxy) is 2. The smallest absolute Gasteiger partial charge is 0.303 e. The number of aliphatic carboxylic acids is 1. The number of halogens is 1. The molecule has 1 N–H and O–H groups in total. The molecule has 2 aliphatic rings. The molecule has 1 saturated carbocycles. The molecule has 3 aromatic rings. The lowest BCUT2D eigenvalue weighted by Gasteiger charge is -2.17. The predicted molar refractivity (Wildman–Crippen MR) is 139 cm³/mol. The molecule has 0 spiro atoms. The van der Waals surface area contributed by atoms with Crippen LogP contribution in [0.1, 0.15) is 61.1 Å². The van der Waals surface area contributed by atoms with Crippen molar-refractivity contribution in [2.75, 3.05) is 7.11 Å². The van der Waals surface area contributed by atoms with E-state index >= 15 is 0 Å². The average molecular weight is 487 g/mol. The van der Waals surface area contributed by atoms with E-state index in [0.717, 1.165) is 60.1 Å². The van der Waals surface area contributed by atoms with E-state index in [0.29, 0.717) is 23.8 Å². The van der Waals surface area contributed by atoms with Crippen LogP contribution in [0.5, 0.6) is 11.5 Å². The molecule has 2 aliphatic carbocycles. The number of allylic oxidation sites excluding steroid dienone is 2. The Morgan fingerprint density at radius 3 is 2.61 bits per heavy atom. The van der Waals surface area contributed by atoms with Gasteiger partial charge in [0.2, 0.25) is 0 Å². The van der Waals surface area contributed by atoms with Crippen LogP contribution < -0.4 is 9.47 Å². The highest BCUT2D eigenvalue weighted by Gasteiger charge is 2.33. The number of benzene rings is 3. The summed E-state index contributed by atoms with van der Waals surface area (Å²) in [5.74, 6) is 0.792. The summed E-state index contributed by atoms with van der Waals surface area (Å²) >= 11 is 0. The fourth-order valence-corrected chi connectivity index (χ4v) is 5.18. The van der Waals surface area contributed by atoms with Crippen LogP contribution in [0.2, 0.25) is 0 Å². The highest BCUT2D eigenvalue weighted by atomic mass is 19.1. The minimum Gasteiger partial charge on any atom is -0.497 e. The van der Waals surface area contributed by atoms with Gasteiger partial charge in [0.05, 0.1) is 13.5 Å². The van der Waals surface area contributed by atoms with Crippen molar-refractivity contribution in [3.05, 3.63) is 89.2 Å². The molecular weight excluding hydrogens is 455 g/mol. The number of hydrogen-bond donors (Lipinski definition) is 1. The third-order valence-electron chi connectivity index (χ3n) is 7.21. The van der Waals surface area contributed by atoms with Crippen molar-refractivity contribution < 1.29 is 23.8 Å². The number of carboxylic acids is 1. The Balaban J connectivity index is 1.40. The van der Waals surface area contributed by atoms with Gasteiger partial charge in [-0.25, -0.2) is 4.39 Å². The second-order valence-corrected chi connectivity index (χ2v) is 9.75. The van der Waals surface area contributed by atoms with Gasteiger partial charge in [-0.15, -0.1) is 0 Å². The van der Waals surface area contributed by atoms with Crippen molar-refractivity contribution in [3.63, 3.8) is 0 Å². The van der Waals surface area contributed by atoms with E-state index < -0.39 is 5.97 Å². The fourth-order valence-electron chi connectivity index (χ4n) is 5.18. The van der Waals surface area contributed by atoms with E-state index in [1.807, 2.05) is 36.4 Å². The Morgan fingerprint density at radius 1 is 1.03 bits per heavy atom. The third-order valence-corrected chi connectivity index (χ3v) is 7.21. The van der Waals surface area contributed by atoms with Gasteiger partial charge in [-0.05, 0) is 108 Å².